The molecule has 3 heterocycles. The summed E-state index contributed by atoms with van der Waals surface area (Å²) in [6.45, 7) is 7.49. The first-order valence-electron chi connectivity index (χ1n) is 8.01. The first kappa shape index (κ1) is 14.6. The zero-order valence-corrected chi connectivity index (χ0v) is 12.8. The Morgan fingerprint density at radius 3 is 2.86 bits per heavy atom. The molecule has 3 rings (SSSR count). The van der Waals surface area contributed by atoms with Crippen molar-refractivity contribution >= 4 is 5.91 Å². The summed E-state index contributed by atoms with van der Waals surface area (Å²) in [7, 11) is 0. The number of piperazine rings is 1. The van der Waals surface area contributed by atoms with E-state index in [1.54, 1.807) is 6.26 Å². The van der Waals surface area contributed by atoms with Crippen molar-refractivity contribution in [2.45, 2.75) is 32.4 Å². The molecule has 1 N–H and O–H groups in total. The van der Waals surface area contributed by atoms with Crippen molar-refractivity contribution in [1.82, 2.24) is 15.1 Å². The van der Waals surface area contributed by atoms with Gasteiger partial charge >= 0.3 is 0 Å². The van der Waals surface area contributed by atoms with Crippen molar-refractivity contribution in [3.8, 4) is 0 Å². The lowest BCUT2D eigenvalue weighted by atomic mass is 9.91. The molecule has 0 spiro atoms. The van der Waals surface area contributed by atoms with Crippen LogP contribution in [0.4, 0.5) is 0 Å². The zero-order chi connectivity index (χ0) is 14.7. The molecule has 0 bridgehead atoms. The summed E-state index contributed by atoms with van der Waals surface area (Å²) >= 11 is 0. The van der Waals surface area contributed by atoms with Crippen LogP contribution in [0, 0.1) is 5.92 Å². The maximum Gasteiger partial charge on any atom is 0.240 e. The maximum absolute atomic E-state index is 12.6. The van der Waals surface area contributed by atoms with Gasteiger partial charge in [0.2, 0.25) is 5.91 Å². The van der Waals surface area contributed by atoms with Crippen LogP contribution in [0.15, 0.2) is 22.8 Å². The van der Waals surface area contributed by atoms with Crippen molar-refractivity contribution in [2.24, 2.45) is 5.92 Å². The van der Waals surface area contributed by atoms with Crippen LogP contribution in [0.25, 0.3) is 0 Å². The van der Waals surface area contributed by atoms with E-state index in [4.69, 9.17) is 4.42 Å². The van der Waals surface area contributed by atoms with Crippen LogP contribution < -0.4 is 5.32 Å². The first-order chi connectivity index (χ1) is 10.2. The molecule has 21 heavy (non-hydrogen) atoms. The van der Waals surface area contributed by atoms with Crippen molar-refractivity contribution < 1.29 is 9.21 Å². The highest BCUT2D eigenvalue weighted by atomic mass is 16.3. The van der Waals surface area contributed by atoms with Crippen molar-refractivity contribution in [3.63, 3.8) is 0 Å². The summed E-state index contributed by atoms with van der Waals surface area (Å²) in [5.41, 5.74) is 0. The monoisotopic (exact) mass is 291 g/mol. The molecule has 2 saturated heterocycles. The Hall–Kier alpha value is -1.33. The molecule has 1 amide bonds. The standard InChI is InChI=1S/C16H25N3O2/c1-13-4-2-6-17-15(13)16(20)19-9-7-18(8-10-19)12-14-5-3-11-21-14/h3,5,11,13,15,17H,2,4,6-10,12H2,1H3. The van der Waals surface area contributed by atoms with Crippen LogP contribution >= 0.6 is 0 Å². The van der Waals surface area contributed by atoms with Gasteiger partial charge in [-0.15, -0.1) is 0 Å². The quantitative estimate of drug-likeness (QED) is 0.912. The van der Waals surface area contributed by atoms with Crippen LogP contribution in [0.1, 0.15) is 25.5 Å². The molecule has 116 valence electrons. The number of nitrogens with one attached hydrogen (secondary N) is 1. The minimum Gasteiger partial charge on any atom is -0.468 e. The van der Waals surface area contributed by atoms with Gasteiger partial charge in [-0.05, 0) is 37.4 Å². The fourth-order valence-corrected chi connectivity index (χ4v) is 3.33. The highest BCUT2D eigenvalue weighted by Crippen LogP contribution is 2.18. The topological polar surface area (TPSA) is 48.7 Å². The molecule has 5 nitrogen and oxygen atoms in total. The van der Waals surface area contributed by atoms with Gasteiger partial charge in [0.1, 0.15) is 5.76 Å². The summed E-state index contributed by atoms with van der Waals surface area (Å²) in [6, 6.07) is 3.95. The number of carbonyl (C=O) groups is 1. The Morgan fingerprint density at radius 2 is 2.19 bits per heavy atom. The lowest BCUT2D eigenvalue weighted by Crippen LogP contribution is -2.56. The van der Waals surface area contributed by atoms with Gasteiger partial charge in [-0.1, -0.05) is 6.92 Å². The predicted molar refractivity (Wildman–Crippen MR) is 80.8 cm³/mol. The fraction of sp³-hybridized carbons (Fsp3) is 0.688. The lowest BCUT2D eigenvalue weighted by Gasteiger charge is -2.38. The summed E-state index contributed by atoms with van der Waals surface area (Å²) in [5.74, 6) is 1.74. The average molecular weight is 291 g/mol. The lowest BCUT2D eigenvalue weighted by molar-refractivity contribution is -0.137. The van der Waals surface area contributed by atoms with E-state index < -0.39 is 0 Å². The molecule has 5 heteroatoms. The Labute approximate surface area is 126 Å². The normalized spacial score (nSPS) is 27.8. The van der Waals surface area contributed by atoms with E-state index in [1.165, 1.54) is 6.42 Å². The Balaban J connectivity index is 1.49. The summed E-state index contributed by atoms with van der Waals surface area (Å²) < 4.78 is 5.39. The van der Waals surface area contributed by atoms with Crippen LogP contribution in [0.2, 0.25) is 0 Å². The molecular formula is C16H25N3O2. The van der Waals surface area contributed by atoms with Crippen molar-refractivity contribution in [1.29, 1.82) is 0 Å². The molecule has 0 radical (unpaired) electrons. The van der Waals surface area contributed by atoms with Crippen LogP contribution in [-0.2, 0) is 11.3 Å². The maximum atomic E-state index is 12.6. The molecule has 1 aromatic heterocycles. The Morgan fingerprint density at radius 1 is 1.38 bits per heavy atom. The number of piperidine rings is 1. The van der Waals surface area contributed by atoms with Crippen molar-refractivity contribution in [2.75, 3.05) is 32.7 Å². The van der Waals surface area contributed by atoms with Gasteiger partial charge in [-0.3, -0.25) is 9.69 Å². The van der Waals surface area contributed by atoms with Crippen LogP contribution in [-0.4, -0.2) is 54.5 Å². The Kier molecular flexibility index (Phi) is 4.60. The molecular weight excluding hydrogens is 266 g/mol. The third kappa shape index (κ3) is 3.47. The number of hydrogen-bond donors (Lipinski definition) is 1. The first-order valence-corrected chi connectivity index (χ1v) is 8.01. The van der Waals surface area contributed by atoms with E-state index in [9.17, 15) is 4.79 Å². The molecule has 2 fully saturated rings. The number of amides is 1. The fourth-order valence-electron chi connectivity index (χ4n) is 3.33. The average Bonchev–Trinajstić information content (AvgIpc) is 3.01. The summed E-state index contributed by atoms with van der Waals surface area (Å²) in [5, 5.41) is 3.39. The smallest absolute Gasteiger partial charge is 0.240 e. The molecule has 0 aromatic carbocycles. The molecule has 2 atom stereocenters. The van der Waals surface area contributed by atoms with Gasteiger partial charge < -0.3 is 14.6 Å². The second-order valence-corrected chi connectivity index (χ2v) is 6.23. The van der Waals surface area contributed by atoms with Gasteiger partial charge in [-0.2, -0.15) is 0 Å². The van der Waals surface area contributed by atoms with E-state index in [2.05, 4.69) is 17.1 Å². The van der Waals surface area contributed by atoms with Crippen molar-refractivity contribution in [3.05, 3.63) is 24.2 Å². The molecule has 2 aliphatic rings. The number of hydrogen-bond acceptors (Lipinski definition) is 4. The third-order valence-electron chi connectivity index (χ3n) is 4.68. The number of rotatable bonds is 3. The van der Waals surface area contributed by atoms with Gasteiger partial charge in [0.05, 0.1) is 18.8 Å². The van der Waals surface area contributed by atoms with Gasteiger partial charge in [-0.25, -0.2) is 0 Å². The Bertz CT molecular complexity index is 452. The van der Waals surface area contributed by atoms with E-state index in [-0.39, 0.29) is 6.04 Å². The highest BCUT2D eigenvalue weighted by molar-refractivity contribution is 5.82. The number of nitrogens with zero attached hydrogens (tertiary/aromatic N) is 2. The van der Waals surface area contributed by atoms with E-state index in [0.29, 0.717) is 11.8 Å². The van der Waals surface area contributed by atoms with Crippen LogP contribution in [0.5, 0.6) is 0 Å². The second-order valence-electron chi connectivity index (χ2n) is 6.23. The highest BCUT2D eigenvalue weighted by Gasteiger charge is 2.32. The molecule has 0 aliphatic carbocycles. The molecule has 0 saturated carbocycles. The van der Waals surface area contributed by atoms with E-state index >= 15 is 0 Å². The van der Waals surface area contributed by atoms with E-state index in [0.717, 1.165) is 51.4 Å². The van der Waals surface area contributed by atoms with Crippen LogP contribution in [0.3, 0.4) is 0 Å². The number of furan rings is 1. The molecule has 2 unspecified atom stereocenters. The van der Waals surface area contributed by atoms with E-state index in [1.807, 2.05) is 17.0 Å². The SMILES string of the molecule is CC1CCCNC1C(=O)N1CCN(Cc2ccco2)CC1. The summed E-state index contributed by atoms with van der Waals surface area (Å²) in [6.07, 6.45) is 4.05. The zero-order valence-electron chi connectivity index (χ0n) is 12.8. The molecule has 2 aliphatic heterocycles. The minimum absolute atomic E-state index is 0.0235. The predicted octanol–water partition coefficient (Wildman–Crippen LogP) is 1.31. The van der Waals surface area contributed by atoms with Gasteiger partial charge in [0, 0.05) is 26.2 Å². The van der Waals surface area contributed by atoms with Gasteiger partial charge in [0.25, 0.3) is 0 Å². The second kappa shape index (κ2) is 6.62. The minimum atomic E-state index is 0.0235. The van der Waals surface area contributed by atoms with Gasteiger partial charge in [0.15, 0.2) is 0 Å². The number of carbonyl (C=O) groups excluding carboxylic acids is 1. The summed E-state index contributed by atoms with van der Waals surface area (Å²) in [4.78, 5) is 17.0. The molecule has 1 aromatic rings. The third-order valence-corrected chi connectivity index (χ3v) is 4.68. The largest absolute Gasteiger partial charge is 0.468 e.